The first-order valence-corrected chi connectivity index (χ1v) is 7.29. The molecule has 4 aromatic rings. The Kier molecular flexibility index (Phi) is 3.12. The number of aromatic nitrogens is 5. The normalized spacial score (nSPS) is 11.3. The van der Waals surface area contributed by atoms with Crippen LogP contribution in [0.2, 0.25) is 5.02 Å². The van der Waals surface area contributed by atoms with Gasteiger partial charge in [0.15, 0.2) is 0 Å². The zero-order valence-corrected chi connectivity index (χ0v) is 12.8. The Morgan fingerprint density at radius 3 is 2.83 bits per heavy atom. The third-order valence-corrected chi connectivity index (χ3v) is 3.91. The van der Waals surface area contributed by atoms with Crippen LogP contribution < -0.4 is 0 Å². The van der Waals surface area contributed by atoms with Crippen LogP contribution in [0, 0.1) is 5.82 Å². The molecule has 0 aliphatic rings. The lowest BCUT2D eigenvalue weighted by Crippen LogP contribution is -1.90. The fraction of sp³-hybridized carbons (Fsp3) is 0.0625. The Morgan fingerprint density at radius 1 is 1.17 bits per heavy atom. The summed E-state index contributed by atoms with van der Waals surface area (Å²) < 4.78 is 14.8. The maximum absolute atomic E-state index is 13.1. The van der Waals surface area contributed by atoms with E-state index in [1.807, 2.05) is 19.3 Å². The van der Waals surface area contributed by atoms with E-state index in [1.165, 1.54) is 12.3 Å². The van der Waals surface area contributed by atoms with Crippen molar-refractivity contribution in [2.45, 2.75) is 0 Å². The summed E-state index contributed by atoms with van der Waals surface area (Å²) in [5.41, 5.74) is 3.72. The van der Waals surface area contributed by atoms with Crippen molar-refractivity contribution in [2.24, 2.45) is 7.05 Å². The monoisotopic (exact) mass is 327 g/mol. The van der Waals surface area contributed by atoms with Crippen molar-refractivity contribution in [3.05, 3.63) is 53.8 Å². The number of rotatable bonds is 2. The van der Waals surface area contributed by atoms with E-state index < -0.39 is 0 Å². The molecule has 4 rings (SSSR count). The number of fused-ring (bicyclic) bond motifs is 1. The third-order valence-electron chi connectivity index (χ3n) is 3.61. The number of hydrogen-bond acceptors (Lipinski definition) is 3. The molecular weight excluding hydrogens is 317 g/mol. The fourth-order valence-corrected chi connectivity index (χ4v) is 2.88. The van der Waals surface area contributed by atoms with Crippen LogP contribution in [0.5, 0.6) is 0 Å². The Bertz CT molecular complexity index is 1000. The average Bonchev–Trinajstić information content (AvgIpc) is 3.12. The van der Waals surface area contributed by atoms with Crippen LogP contribution >= 0.6 is 11.6 Å². The van der Waals surface area contributed by atoms with Gasteiger partial charge in [0.1, 0.15) is 17.2 Å². The van der Waals surface area contributed by atoms with E-state index in [0.29, 0.717) is 22.1 Å². The van der Waals surface area contributed by atoms with Crippen LogP contribution in [-0.4, -0.2) is 24.7 Å². The average molecular weight is 328 g/mol. The molecule has 114 valence electrons. The van der Waals surface area contributed by atoms with Crippen molar-refractivity contribution in [3.63, 3.8) is 0 Å². The molecule has 0 saturated heterocycles. The van der Waals surface area contributed by atoms with Crippen LogP contribution in [-0.2, 0) is 7.05 Å². The molecule has 0 aliphatic heterocycles. The number of pyridine rings is 2. The summed E-state index contributed by atoms with van der Waals surface area (Å²) >= 11 is 6.29. The van der Waals surface area contributed by atoms with Crippen molar-refractivity contribution in [1.82, 2.24) is 24.7 Å². The number of halogens is 2. The molecule has 0 aliphatic carbocycles. The second-order valence-electron chi connectivity index (χ2n) is 5.15. The second-order valence-corrected chi connectivity index (χ2v) is 5.55. The van der Waals surface area contributed by atoms with E-state index in [9.17, 15) is 4.39 Å². The van der Waals surface area contributed by atoms with Crippen molar-refractivity contribution in [3.8, 4) is 22.5 Å². The zero-order valence-electron chi connectivity index (χ0n) is 12.1. The highest BCUT2D eigenvalue weighted by Gasteiger charge is 2.17. The largest absolute Gasteiger partial charge is 0.345 e. The molecule has 0 fully saturated rings. The molecule has 23 heavy (non-hydrogen) atoms. The lowest BCUT2D eigenvalue weighted by Gasteiger charge is -2.04. The smallest absolute Gasteiger partial charge is 0.141 e. The van der Waals surface area contributed by atoms with Gasteiger partial charge in [-0.3, -0.25) is 9.67 Å². The first kappa shape index (κ1) is 13.9. The van der Waals surface area contributed by atoms with Gasteiger partial charge in [-0.2, -0.15) is 5.10 Å². The molecule has 0 radical (unpaired) electrons. The third kappa shape index (κ3) is 2.27. The predicted molar refractivity (Wildman–Crippen MR) is 86.5 cm³/mol. The van der Waals surface area contributed by atoms with E-state index >= 15 is 0 Å². The van der Waals surface area contributed by atoms with Gasteiger partial charge in [-0.1, -0.05) is 11.6 Å². The number of aryl methyl sites for hydroxylation is 1. The first-order chi connectivity index (χ1) is 11.1. The maximum atomic E-state index is 13.1. The number of aromatic amines is 1. The van der Waals surface area contributed by atoms with Gasteiger partial charge in [0.25, 0.3) is 0 Å². The summed E-state index contributed by atoms with van der Waals surface area (Å²) in [6.07, 6.45) is 6.48. The Labute approximate surface area is 135 Å². The van der Waals surface area contributed by atoms with E-state index in [2.05, 4.69) is 20.1 Å². The van der Waals surface area contributed by atoms with Gasteiger partial charge >= 0.3 is 0 Å². The zero-order chi connectivity index (χ0) is 16.0. The molecule has 0 aromatic carbocycles. The van der Waals surface area contributed by atoms with Crippen LogP contribution in [0.4, 0.5) is 4.39 Å². The Hall–Kier alpha value is -2.73. The standard InChI is InChI=1S/C16H11ClFN5/c1-23-8-11(15(22-23)13-3-2-9(18)6-20-13)10-4-5-19-16-14(10)12(17)7-21-16/h2-8H,1H3,(H,19,21). The van der Waals surface area contributed by atoms with Crippen LogP contribution in [0.1, 0.15) is 0 Å². The maximum Gasteiger partial charge on any atom is 0.141 e. The summed E-state index contributed by atoms with van der Waals surface area (Å²) in [4.78, 5) is 11.4. The number of nitrogens with one attached hydrogen (secondary N) is 1. The molecule has 7 heteroatoms. The van der Waals surface area contributed by atoms with E-state index in [1.54, 1.807) is 23.1 Å². The molecule has 0 bridgehead atoms. The predicted octanol–water partition coefficient (Wildman–Crippen LogP) is 3.82. The van der Waals surface area contributed by atoms with Crippen LogP contribution in [0.15, 0.2) is 43.0 Å². The van der Waals surface area contributed by atoms with E-state index in [0.717, 1.165) is 16.5 Å². The highest BCUT2D eigenvalue weighted by molar-refractivity contribution is 6.36. The Balaban J connectivity index is 1.99. The molecule has 4 heterocycles. The first-order valence-electron chi connectivity index (χ1n) is 6.91. The fourth-order valence-electron chi connectivity index (χ4n) is 2.63. The molecule has 5 nitrogen and oxygen atoms in total. The molecule has 0 unspecified atom stereocenters. The number of nitrogens with zero attached hydrogens (tertiary/aromatic N) is 4. The lowest BCUT2D eigenvalue weighted by atomic mass is 10.0. The molecule has 0 saturated carbocycles. The summed E-state index contributed by atoms with van der Waals surface area (Å²) in [6.45, 7) is 0. The minimum Gasteiger partial charge on any atom is -0.345 e. The molecule has 4 aromatic heterocycles. The molecule has 0 atom stereocenters. The minimum absolute atomic E-state index is 0.383. The highest BCUT2D eigenvalue weighted by atomic mass is 35.5. The quantitative estimate of drug-likeness (QED) is 0.609. The van der Waals surface area contributed by atoms with E-state index in [-0.39, 0.29) is 5.82 Å². The van der Waals surface area contributed by atoms with Crippen LogP contribution in [0.25, 0.3) is 33.5 Å². The summed E-state index contributed by atoms with van der Waals surface area (Å²) in [7, 11) is 1.83. The highest BCUT2D eigenvalue weighted by Crippen LogP contribution is 2.36. The molecule has 0 spiro atoms. The summed E-state index contributed by atoms with van der Waals surface area (Å²) in [5, 5.41) is 5.88. The SMILES string of the molecule is Cn1cc(-c2ccnc3[nH]cc(Cl)c23)c(-c2ccc(F)cn2)n1. The lowest BCUT2D eigenvalue weighted by molar-refractivity contribution is 0.621. The van der Waals surface area contributed by atoms with Gasteiger partial charge in [0.05, 0.1) is 16.9 Å². The van der Waals surface area contributed by atoms with E-state index in [4.69, 9.17) is 11.6 Å². The van der Waals surface area contributed by atoms with Crippen molar-refractivity contribution < 1.29 is 4.39 Å². The van der Waals surface area contributed by atoms with Crippen molar-refractivity contribution >= 4 is 22.6 Å². The van der Waals surface area contributed by atoms with Gasteiger partial charge in [-0.25, -0.2) is 9.37 Å². The number of H-pyrrole nitrogens is 1. The molecule has 0 amide bonds. The van der Waals surface area contributed by atoms with Gasteiger partial charge < -0.3 is 4.98 Å². The van der Waals surface area contributed by atoms with Crippen molar-refractivity contribution in [2.75, 3.05) is 0 Å². The van der Waals surface area contributed by atoms with Crippen molar-refractivity contribution in [1.29, 1.82) is 0 Å². The summed E-state index contributed by atoms with van der Waals surface area (Å²) in [6, 6.07) is 4.86. The topological polar surface area (TPSA) is 59.4 Å². The van der Waals surface area contributed by atoms with Gasteiger partial charge in [-0.05, 0) is 23.8 Å². The Morgan fingerprint density at radius 2 is 2.04 bits per heavy atom. The number of hydrogen-bond donors (Lipinski definition) is 1. The van der Waals surface area contributed by atoms with Gasteiger partial charge in [0.2, 0.25) is 0 Å². The van der Waals surface area contributed by atoms with Crippen LogP contribution in [0.3, 0.4) is 0 Å². The minimum atomic E-state index is -0.383. The van der Waals surface area contributed by atoms with Gasteiger partial charge in [0, 0.05) is 36.6 Å². The second kappa shape index (κ2) is 5.17. The molecular formula is C16H11ClFN5. The molecule has 1 N–H and O–H groups in total. The van der Waals surface area contributed by atoms with Gasteiger partial charge in [-0.15, -0.1) is 0 Å². The summed E-state index contributed by atoms with van der Waals surface area (Å²) in [5.74, 6) is -0.383.